The van der Waals surface area contributed by atoms with Crippen molar-refractivity contribution in [1.29, 1.82) is 5.26 Å². The molecule has 4 nitrogen and oxygen atoms in total. The van der Waals surface area contributed by atoms with E-state index in [-0.39, 0.29) is 11.3 Å². The highest BCUT2D eigenvalue weighted by atomic mass is 32.1. The highest BCUT2D eigenvalue weighted by Crippen LogP contribution is 2.46. The summed E-state index contributed by atoms with van der Waals surface area (Å²) in [4.78, 5) is 13.6. The normalized spacial score (nSPS) is 19.6. The number of hydrogen-bond donors (Lipinski definition) is 2. The van der Waals surface area contributed by atoms with Crippen LogP contribution in [0.4, 0.5) is 5.00 Å². The van der Waals surface area contributed by atoms with Crippen LogP contribution in [0.2, 0.25) is 0 Å². The number of aryl methyl sites for hydroxylation is 1. The molecule has 106 valence electrons. The minimum Gasteiger partial charge on any atom is -0.329 e. The van der Waals surface area contributed by atoms with Crippen LogP contribution in [0.5, 0.6) is 0 Å². The molecule has 0 aromatic carbocycles. The second-order valence-electron chi connectivity index (χ2n) is 5.82. The predicted octanol–water partition coefficient (Wildman–Crippen LogP) is 2.57. The van der Waals surface area contributed by atoms with E-state index >= 15 is 0 Å². The number of thiophene rings is 1. The number of fused-ring (bicyclic) bond motifs is 1. The van der Waals surface area contributed by atoms with Crippen LogP contribution in [0.15, 0.2) is 0 Å². The molecule has 0 saturated heterocycles. The molecule has 0 aliphatic heterocycles. The maximum atomic E-state index is 12.3. The first-order valence-electron chi connectivity index (χ1n) is 7.26. The Balaban J connectivity index is 1.87. The van der Waals surface area contributed by atoms with E-state index in [1.807, 2.05) is 0 Å². The van der Waals surface area contributed by atoms with Crippen LogP contribution < -0.4 is 11.1 Å². The molecule has 20 heavy (non-hydrogen) atoms. The van der Waals surface area contributed by atoms with Gasteiger partial charge in [0.2, 0.25) is 5.91 Å². The molecular weight excluding hydrogens is 270 g/mol. The number of nitrogens with two attached hydrogens (primary N) is 1. The Hall–Kier alpha value is -1.38. The van der Waals surface area contributed by atoms with Crippen molar-refractivity contribution in [2.24, 2.45) is 11.1 Å². The number of nitrogens with one attached hydrogen (secondary N) is 1. The maximum Gasteiger partial charge on any atom is 0.232 e. The highest BCUT2D eigenvalue weighted by molar-refractivity contribution is 7.16. The van der Waals surface area contributed by atoms with Crippen molar-refractivity contribution < 1.29 is 4.79 Å². The lowest BCUT2D eigenvalue weighted by molar-refractivity contribution is -0.120. The molecule has 1 heterocycles. The fourth-order valence-electron chi connectivity index (χ4n) is 2.86. The molecule has 0 unspecified atom stereocenters. The summed E-state index contributed by atoms with van der Waals surface area (Å²) >= 11 is 1.59. The molecule has 0 bridgehead atoms. The van der Waals surface area contributed by atoms with Gasteiger partial charge in [-0.3, -0.25) is 4.79 Å². The van der Waals surface area contributed by atoms with Gasteiger partial charge in [-0.2, -0.15) is 5.26 Å². The number of nitrogens with zero attached hydrogens (tertiary/aromatic N) is 1. The first kappa shape index (κ1) is 13.6. The van der Waals surface area contributed by atoms with E-state index in [1.165, 1.54) is 23.3 Å². The highest BCUT2D eigenvalue weighted by Gasteiger charge is 2.48. The Morgan fingerprint density at radius 3 is 2.75 bits per heavy atom. The zero-order valence-corrected chi connectivity index (χ0v) is 12.3. The predicted molar refractivity (Wildman–Crippen MR) is 79.6 cm³/mol. The molecule has 5 heteroatoms. The Bertz CT molecular complexity index is 581. The van der Waals surface area contributed by atoms with E-state index in [0.29, 0.717) is 12.1 Å². The third kappa shape index (κ3) is 2.23. The van der Waals surface area contributed by atoms with Gasteiger partial charge in [0.05, 0.1) is 11.0 Å². The molecule has 1 aromatic heterocycles. The number of amides is 1. The molecule has 2 aliphatic rings. The quantitative estimate of drug-likeness (QED) is 0.839. The molecule has 2 aliphatic carbocycles. The molecule has 0 radical (unpaired) electrons. The number of rotatable bonds is 3. The third-order valence-electron chi connectivity index (χ3n) is 4.49. The Morgan fingerprint density at radius 2 is 2.10 bits per heavy atom. The minimum absolute atomic E-state index is 0.00657. The van der Waals surface area contributed by atoms with Crippen molar-refractivity contribution in [3.63, 3.8) is 0 Å². The monoisotopic (exact) mass is 289 g/mol. The van der Waals surface area contributed by atoms with Gasteiger partial charge in [0.25, 0.3) is 0 Å². The Kier molecular flexibility index (Phi) is 3.53. The molecule has 3 N–H and O–H groups in total. The number of carbonyl (C=O) groups is 1. The summed E-state index contributed by atoms with van der Waals surface area (Å²) in [7, 11) is 0. The van der Waals surface area contributed by atoms with Gasteiger partial charge < -0.3 is 11.1 Å². The van der Waals surface area contributed by atoms with Crippen molar-refractivity contribution >= 4 is 22.2 Å². The van der Waals surface area contributed by atoms with E-state index in [0.717, 1.165) is 37.1 Å². The van der Waals surface area contributed by atoms with Crippen molar-refractivity contribution in [2.75, 3.05) is 11.9 Å². The lowest BCUT2D eigenvalue weighted by atomic mass is 10.1. The van der Waals surface area contributed by atoms with Crippen molar-refractivity contribution in [2.45, 2.75) is 44.9 Å². The smallest absolute Gasteiger partial charge is 0.232 e. The van der Waals surface area contributed by atoms with Gasteiger partial charge in [-0.1, -0.05) is 6.42 Å². The average Bonchev–Trinajstić information content (AvgIpc) is 3.22. The average molecular weight is 289 g/mol. The maximum absolute atomic E-state index is 12.3. The fraction of sp³-hybridized carbons (Fsp3) is 0.600. The van der Waals surface area contributed by atoms with Crippen molar-refractivity contribution in [3.05, 3.63) is 16.0 Å². The largest absolute Gasteiger partial charge is 0.329 e. The van der Waals surface area contributed by atoms with Crippen LogP contribution in [0.1, 0.15) is 48.1 Å². The lowest BCUT2D eigenvalue weighted by Gasteiger charge is -2.11. The number of nitriles is 1. The summed E-state index contributed by atoms with van der Waals surface area (Å²) in [6.07, 6.45) is 7.27. The van der Waals surface area contributed by atoms with Crippen LogP contribution in [0.3, 0.4) is 0 Å². The molecule has 1 amide bonds. The van der Waals surface area contributed by atoms with Crippen molar-refractivity contribution in [3.8, 4) is 6.07 Å². The number of hydrogen-bond acceptors (Lipinski definition) is 4. The summed E-state index contributed by atoms with van der Waals surface area (Å²) < 4.78 is 0. The first-order valence-corrected chi connectivity index (χ1v) is 8.08. The van der Waals surface area contributed by atoms with Crippen LogP contribution >= 0.6 is 11.3 Å². The van der Waals surface area contributed by atoms with E-state index < -0.39 is 0 Å². The first-order chi connectivity index (χ1) is 9.70. The van der Waals surface area contributed by atoms with Gasteiger partial charge in [0, 0.05) is 11.4 Å². The molecular formula is C15H19N3OS. The summed E-state index contributed by atoms with van der Waals surface area (Å²) in [6.45, 7) is 0.395. The van der Waals surface area contributed by atoms with Gasteiger partial charge in [0.1, 0.15) is 11.1 Å². The molecule has 0 atom stereocenters. The van der Waals surface area contributed by atoms with Gasteiger partial charge in [-0.25, -0.2) is 0 Å². The summed E-state index contributed by atoms with van der Waals surface area (Å²) in [6, 6.07) is 2.29. The minimum atomic E-state index is -0.367. The van der Waals surface area contributed by atoms with Gasteiger partial charge in [-0.05, 0) is 44.1 Å². The van der Waals surface area contributed by atoms with E-state index in [1.54, 1.807) is 11.3 Å². The molecule has 1 aromatic rings. The molecule has 3 rings (SSSR count). The van der Waals surface area contributed by atoms with Gasteiger partial charge >= 0.3 is 0 Å². The number of anilines is 1. The van der Waals surface area contributed by atoms with Gasteiger partial charge in [-0.15, -0.1) is 11.3 Å². The summed E-state index contributed by atoms with van der Waals surface area (Å²) in [5, 5.41) is 13.1. The van der Waals surface area contributed by atoms with Crippen LogP contribution in [-0.2, 0) is 17.6 Å². The van der Waals surface area contributed by atoms with Crippen molar-refractivity contribution in [1.82, 2.24) is 0 Å². The second kappa shape index (κ2) is 5.19. The SMILES string of the molecule is N#Cc1c(NC(=O)C2(CN)CC2)sc2c1CCCCC2. The van der Waals surface area contributed by atoms with E-state index in [9.17, 15) is 10.1 Å². The van der Waals surface area contributed by atoms with Crippen LogP contribution in [0.25, 0.3) is 0 Å². The molecule has 1 fully saturated rings. The zero-order chi connectivity index (χ0) is 14.2. The number of carbonyl (C=O) groups excluding carboxylic acids is 1. The fourth-order valence-corrected chi connectivity index (χ4v) is 4.09. The summed E-state index contributed by atoms with van der Waals surface area (Å²) in [5.41, 5.74) is 7.18. The Morgan fingerprint density at radius 1 is 1.35 bits per heavy atom. The van der Waals surface area contributed by atoms with Crippen LogP contribution in [-0.4, -0.2) is 12.5 Å². The molecule has 0 spiro atoms. The van der Waals surface area contributed by atoms with Crippen LogP contribution in [0, 0.1) is 16.7 Å². The Labute approximate surface area is 123 Å². The third-order valence-corrected chi connectivity index (χ3v) is 5.69. The standard InChI is InChI=1S/C15H19N3OS/c16-8-11-10-4-2-1-3-5-12(10)20-13(11)18-14(19)15(9-17)6-7-15/h1-7,9,17H2,(H,18,19). The van der Waals surface area contributed by atoms with Gasteiger partial charge in [0.15, 0.2) is 0 Å². The van der Waals surface area contributed by atoms with E-state index in [2.05, 4.69) is 11.4 Å². The summed E-state index contributed by atoms with van der Waals surface area (Å²) in [5.74, 6) is -0.00657. The topological polar surface area (TPSA) is 78.9 Å². The van der Waals surface area contributed by atoms with E-state index in [4.69, 9.17) is 5.73 Å². The second-order valence-corrected chi connectivity index (χ2v) is 6.92. The molecule has 1 saturated carbocycles. The lowest BCUT2D eigenvalue weighted by Crippen LogP contribution is -2.30. The zero-order valence-electron chi connectivity index (χ0n) is 11.5.